The summed E-state index contributed by atoms with van der Waals surface area (Å²) >= 11 is 3.39. The molecule has 0 radical (unpaired) electrons. The van der Waals surface area contributed by atoms with E-state index in [1.54, 1.807) is 0 Å². The summed E-state index contributed by atoms with van der Waals surface area (Å²) in [6.45, 7) is 8.45. The predicted octanol–water partition coefficient (Wildman–Crippen LogP) is 3.30. The van der Waals surface area contributed by atoms with Gasteiger partial charge in [0.05, 0.1) is 10.9 Å². The third kappa shape index (κ3) is 5.64. The average molecular weight is 328 g/mol. The standard InChI is InChI=1S/C15H22BrNO2/c1-10(2)14(16)15(18)17-12(4)9-19-13-7-5-11(3)6-8-13/h5-8,10,12,14H,9H2,1-4H3,(H,17,18). The molecule has 2 atom stereocenters. The number of halogens is 1. The molecule has 0 aromatic heterocycles. The van der Waals surface area contributed by atoms with Crippen LogP contribution in [0.25, 0.3) is 0 Å². The highest BCUT2D eigenvalue weighted by atomic mass is 79.9. The number of rotatable bonds is 6. The van der Waals surface area contributed by atoms with E-state index >= 15 is 0 Å². The first-order valence-corrected chi connectivity index (χ1v) is 7.45. The minimum absolute atomic E-state index is 0.00926. The fourth-order valence-corrected chi connectivity index (χ4v) is 1.65. The molecular formula is C15H22BrNO2. The van der Waals surface area contributed by atoms with E-state index in [0.717, 1.165) is 5.75 Å². The lowest BCUT2D eigenvalue weighted by atomic mass is 10.1. The molecule has 0 saturated carbocycles. The summed E-state index contributed by atoms with van der Waals surface area (Å²) in [5, 5.41) is 2.93. The Morgan fingerprint density at radius 2 is 1.84 bits per heavy atom. The van der Waals surface area contributed by atoms with Gasteiger partial charge in [0, 0.05) is 0 Å². The van der Waals surface area contributed by atoms with Crippen LogP contribution in [0.3, 0.4) is 0 Å². The van der Waals surface area contributed by atoms with E-state index in [1.807, 2.05) is 52.0 Å². The van der Waals surface area contributed by atoms with Gasteiger partial charge in [-0.1, -0.05) is 47.5 Å². The van der Waals surface area contributed by atoms with E-state index in [0.29, 0.717) is 6.61 Å². The molecule has 3 nitrogen and oxygen atoms in total. The second-order valence-corrected chi connectivity index (χ2v) is 6.17. The number of amides is 1. The Morgan fingerprint density at radius 3 is 2.37 bits per heavy atom. The van der Waals surface area contributed by atoms with Crippen LogP contribution in [-0.4, -0.2) is 23.4 Å². The Kier molecular flexibility index (Phi) is 6.35. The fraction of sp³-hybridized carbons (Fsp3) is 0.533. The van der Waals surface area contributed by atoms with Crippen LogP contribution in [0.2, 0.25) is 0 Å². The van der Waals surface area contributed by atoms with E-state index in [9.17, 15) is 4.79 Å². The molecule has 0 aliphatic carbocycles. The largest absolute Gasteiger partial charge is 0.491 e. The highest BCUT2D eigenvalue weighted by molar-refractivity contribution is 9.10. The van der Waals surface area contributed by atoms with Crippen molar-refractivity contribution in [1.82, 2.24) is 5.32 Å². The van der Waals surface area contributed by atoms with Crippen LogP contribution in [0, 0.1) is 12.8 Å². The van der Waals surface area contributed by atoms with E-state index in [-0.39, 0.29) is 22.7 Å². The summed E-state index contributed by atoms with van der Waals surface area (Å²) in [6, 6.07) is 7.86. The molecule has 1 N–H and O–H groups in total. The van der Waals surface area contributed by atoms with Crippen molar-refractivity contribution in [2.45, 2.75) is 38.6 Å². The smallest absolute Gasteiger partial charge is 0.234 e. The molecule has 0 saturated heterocycles. The van der Waals surface area contributed by atoms with E-state index < -0.39 is 0 Å². The average Bonchev–Trinajstić information content (AvgIpc) is 2.37. The zero-order valence-corrected chi connectivity index (χ0v) is 13.5. The van der Waals surface area contributed by atoms with Crippen LogP contribution in [0.1, 0.15) is 26.3 Å². The lowest BCUT2D eigenvalue weighted by Gasteiger charge is -2.19. The maximum atomic E-state index is 11.8. The molecule has 2 unspecified atom stereocenters. The van der Waals surface area contributed by atoms with Gasteiger partial charge in [0.15, 0.2) is 0 Å². The fourth-order valence-electron chi connectivity index (χ4n) is 1.52. The van der Waals surface area contributed by atoms with Gasteiger partial charge >= 0.3 is 0 Å². The van der Waals surface area contributed by atoms with Crippen molar-refractivity contribution >= 4 is 21.8 Å². The molecule has 1 amide bonds. The number of carbonyl (C=O) groups is 1. The number of aryl methyl sites for hydroxylation is 1. The van der Waals surface area contributed by atoms with Crippen LogP contribution in [0.15, 0.2) is 24.3 Å². The summed E-state index contributed by atoms with van der Waals surface area (Å²) in [6.07, 6.45) is 0. The van der Waals surface area contributed by atoms with Crippen molar-refractivity contribution in [3.05, 3.63) is 29.8 Å². The Morgan fingerprint density at radius 1 is 1.26 bits per heavy atom. The topological polar surface area (TPSA) is 38.3 Å². The molecule has 0 aliphatic heterocycles. The third-order valence-electron chi connectivity index (χ3n) is 2.75. The van der Waals surface area contributed by atoms with Gasteiger partial charge in [-0.3, -0.25) is 4.79 Å². The minimum atomic E-state index is -0.158. The SMILES string of the molecule is Cc1ccc(OCC(C)NC(=O)C(Br)C(C)C)cc1. The molecule has 19 heavy (non-hydrogen) atoms. The molecule has 1 aromatic carbocycles. The van der Waals surface area contributed by atoms with Gasteiger partial charge in [0.25, 0.3) is 0 Å². The summed E-state index contributed by atoms with van der Waals surface area (Å²) in [4.78, 5) is 11.7. The second-order valence-electron chi connectivity index (χ2n) is 5.18. The summed E-state index contributed by atoms with van der Waals surface area (Å²) in [5.74, 6) is 1.10. The van der Waals surface area contributed by atoms with Gasteiger partial charge in [0.1, 0.15) is 12.4 Å². The van der Waals surface area contributed by atoms with Crippen LogP contribution in [0.4, 0.5) is 0 Å². The Labute approximate surface area is 123 Å². The van der Waals surface area contributed by atoms with Crippen molar-refractivity contribution in [2.75, 3.05) is 6.61 Å². The van der Waals surface area contributed by atoms with Crippen LogP contribution in [0.5, 0.6) is 5.75 Å². The van der Waals surface area contributed by atoms with Gasteiger partial charge < -0.3 is 10.1 Å². The van der Waals surface area contributed by atoms with Gasteiger partial charge in [-0.05, 0) is 31.9 Å². The third-order valence-corrected chi connectivity index (χ3v) is 4.22. The molecule has 1 rings (SSSR count). The van der Waals surface area contributed by atoms with E-state index in [1.165, 1.54) is 5.56 Å². The van der Waals surface area contributed by atoms with Crippen LogP contribution < -0.4 is 10.1 Å². The molecule has 1 aromatic rings. The number of benzene rings is 1. The number of ether oxygens (including phenoxy) is 1. The molecule has 106 valence electrons. The van der Waals surface area contributed by atoms with Crippen molar-refractivity contribution in [3.8, 4) is 5.75 Å². The molecular weight excluding hydrogens is 306 g/mol. The quantitative estimate of drug-likeness (QED) is 0.814. The van der Waals surface area contributed by atoms with Gasteiger partial charge in [-0.25, -0.2) is 0 Å². The molecule has 0 fully saturated rings. The summed E-state index contributed by atoms with van der Waals surface area (Å²) in [7, 11) is 0. The van der Waals surface area contributed by atoms with Crippen molar-refractivity contribution in [2.24, 2.45) is 5.92 Å². The zero-order chi connectivity index (χ0) is 14.4. The van der Waals surface area contributed by atoms with Crippen molar-refractivity contribution in [1.29, 1.82) is 0 Å². The Balaban J connectivity index is 2.37. The van der Waals surface area contributed by atoms with E-state index in [2.05, 4.69) is 21.2 Å². The lowest BCUT2D eigenvalue weighted by molar-refractivity contribution is -0.121. The van der Waals surface area contributed by atoms with Crippen LogP contribution in [-0.2, 0) is 4.79 Å². The molecule has 0 aliphatic rings. The Hall–Kier alpha value is -1.03. The van der Waals surface area contributed by atoms with Gasteiger partial charge in [-0.15, -0.1) is 0 Å². The number of hydrogen-bond donors (Lipinski definition) is 1. The molecule has 4 heteroatoms. The van der Waals surface area contributed by atoms with Gasteiger partial charge in [0.2, 0.25) is 5.91 Å². The summed E-state index contributed by atoms with van der Waals surface area (Å²) < 4.78 is 5.63. The van der Waals surface area contributed by atoms with E-state index in [4.69, 9.17) is 4.74 Å². The first-order valence-electron chi connectivity index (χ1n) is 6.54. The number of nitrogens with one attached hydrogen (secondary N) is 1. The first-order chi connectivity index (χ1) is 8.90. The predicted molar refractivity (Wildman–Crippen MR) is 81.8 cm³/mol. The highest BCUT2D eigenvalue weighted by Crippen LogP contribution is 2.13. The molecule has 0 bridgehead atoms. The first kappa shape index (κ1) is 16.0. The maximum absolute atomic E-state index is 11.8. The second kappa shape index (κ2) is 7.53. The molecule has 0 spiro atoms. The van der Waals surface area contributed by atoms with Gasteiger partial charge in [-0.2, -0.15) is 0 Å². The number of hydrogen-bond acceptors (Lipinski definition) is 2. The maximum Gasteiger partial charge on any atom is 0.234 e. The normalized spacial score (nSPS) is 14.0. The van der Waals surface area contributed by atoms with Crippen molar-refractivity contribution < 1.29 is 9.53 Å². The zero-order valence-electron chi connectivity index (χ0n) is 11.9. The number of carbonyl (C=O) groups excluding carboxylic acids is 1. The Bertz CT molecular complexity index is 403. The monoisotopic (exact) mass is 327 g/mol. The molecule has 0 heterocycles. The lowest BCUT2D eigenvalue weighted by Crippen LogP contribution is -2.42. The minimum Gasteiger partial charge on any atom is -0.491 e. The highest BCUT2D eigenvalue weighted by Gasteiger charge is 2.20. The van der Waals surface area contributed by atoms with Crippen molar-refractivity contribution in [3.63, 3.8) is 0 Å². The number of alkyl halides is 1. The van der Waals surface area contributed by atoms with Crippen LogP contribution >= 0.6 is 15.9 Å². The summed E-state index contributed by atoms with van der Waals surface area (Å²) in [5.41, 5.74) is 1.20.